The van der Waals surface area contributed by atoms with Gasteiger partial charge in [-0.3, -0.25) is 13.9 Å². The molecule has 9 heteroatoms. The van der Waals surface area contributed by atoms with Crippen LogP contribution in [0.15, 0.2) is 54.6 Å². The molecule has 0 aliphatic heterocycles. The minimum atomic E-state index is -3.61. The maximum absolute atomic E-state index is 13.3. The third-order valence-electron chi connectivity index (χ3n) is 5.63. The van der Waals surface area contributed by atoms with Crippen LogP contribution >= 0.6 is 0 Å². The molecule has 1 atom stereocenters. The number of hydrogen-bond acceptors (Lipinski definition) is 5. The molecule has 2 amide bonds. The largest absolute Gasteiger partial charge is 0.492 e. The summed E-state index contributed by atoms with van der Waals surface area (Å²) in [6.45, 7) is 8.90. The Bertz CT molecular complexity index is 1090. The lowest BCUT2D eigenvalue weighted by Gasteiger charge is -2.30. The summed E-state index contributed by atoms with van der Waals surface area (Å²) in [7, 11) is -3.61. The molecular weight excluding hydrogens is 478 g/mol. The van der Waals surface area contributed by atoms with Gasteiger partial charge in [-0.2, -0.15) is 0 Å². The van der Waals surface area contributed by atoms with Gasteiger partial charge in [0.2, 0.25) is 21.8 Å². The summed E-state index contributed by atoms with van der Waals surface area (Å²) in [6.07, 6.45) is 1.52. The Morgan fingerprint density at radius 1 is 1.00 bits per heavy atom. The fourth-order valence-corrected chi connectivity index (χ4v) is 4.71. The van der Waals surface area contributed by atoms with Crippen LogP contribution in [0.2, 0.25) is 0 Å². The molecule has 0 saturated heterocycles. The van der Waals surface area contributed by atoms with Crippen LogP contribution in [0.1, 0.15) is 46.1 Å². The lowest BCUT2D eigenvalue weighted by atomic mass is 10.1. The monoisotopic (exact) mass is 517 g/mol. The van der Waals surface area contributed by atoms with E-state index in [2.05, 4.69) is 5.32 Å². The van der Waals surface area contributed by atoms with Crippen molar-refractivity contribution < 1.29 is 22.7 Å². The van der Waals surface area contributed by atoms with Gasteiger partial charge < -0.3 is 15.0 Å². The Labute approximate surface area is 215 Å². The van der Waals surface area contributed by atoms with E-state index in [-0.39, 0.29) is 31.2 Å². The number of nitrogens with zero attached hydrogens (tertiary/aromatic N) is 2. The molecule has 1 N–H and O–H groups in total. The predicted molar refractivity (Wildman–Crippen MR) is 143 cm³/mol. The van der Waals surface area contributed by atoms with Crippen LogP contribution < -0.4 is 14.4 Å². The van der Waals surface area contributed by atoms with E-state index in [4.69, 9.17) is 4.74 Å². The van der Waals surface area contributed by atoms with Gasteiger partial charge in [0.25, 0.3) is 0 Å². The van der Waals surface area contributed by atoms with Crippen LogP contribution in [-0.4, -0.2) is 57.1 Å². The number of hydrogen-bond donors (Lipinski definition) is 1. The van der Waals surface area contributed by atoms with Gasteiger partial charge in [0.05, 0.1) is 18.6 Å². The molecule has 0 aliphatic rings. The van der Waals surface area contributed by atoms with Crippen molar-refractivity contribution in [3.8, 4) is 5.75 Å². The van der Waals surface area contributed by atoms with Crippen molar-refractivity contribution >= 4 is 27.5 Å². The summed E-state index contributed by atoms with van der Waals surface area (Å²) in [6, 6.07) is 15.8. The van der Waals surface area contributed by atoms with Crippen molar-refractivity contribution in [3.05, 3.63) is 60.2 Å². The van der Waals surface area contributed by atoms with Crippen LogP contribution in [-0.2, 0) is 26.2 Å². The van der Waals surface area contributed by atoms with Crippen molar-refractivity contribution in [2.75, 3.05) is 30.3 Å². The second kappa shape index (κ2) is 13.9. The Kier molecular flexibility index (Phi) is 11.2. The van der Waals surface area contributed by atoms with Gasteiger partial charge >= 0.3 is 0 Å². The highest BCUT2D eigenvalue weighted by Gasteiger charge is 2.27. The minimum Gasteiger partial charge on any atom is -0.492 e. The van der Waals surface area contributed by atoms with E-state index in [1.54, 1.807) is 36.1 Å². The summed E-state index contributed by atoms with van der Waals surface area (Å²) in [5, 5.41) is 2.90. The third kappa shape index (κ3) is 8.86. The fraction of sp³-hybridized carbons (Fsp3) is 0.481. The highest BCUT2D eigenvalue weighted by molar-refractivity contribution is 7.92. The predicted octanol–water partition coefficient (Wildman–Crippen LogP) is 3.82. The average molecular weight is 518 g/mol. The van der Waals surface area contributed by atoms with Crippen molar-refractivity contribution in [2.45, 2.75) is 53.1 Å². The number of benzene rings is 2. The van der Waals surface area contributed by atoms with Crippen molar-refractivity contribution in [2.24, 2.45) is 5.92 Å². The zero-order chi connectivity index (χ0) is 26.7. The van der Waals surface area contributed by atoms with Gasteiger partial charge in [-0.05, 0) is 43.9 Å². The molecule has 0 fully saturated rings. The van der Waals surface area contributed by atoms with E-state index in [9.17, 15) is 18.0 Å². The molecule has 198 valence electrons. The quantitative estimate of drug-likeness (QED) is 0.411. The SMILES string of the molecule is CCOc1ccccc1N(CCCC(=O)N(Cc1ccccc1)[C@H](C)C(=O)NCC(C)C)S(C)(=O)=O. The lowest BCUT2D eigenvalue weighted by Crippen LogP contribution is -2.48. The molecule has 2 rings (SSSR count). The standard InChI is InChI=1S/C27H39N3O5S/c1-6-35-25-16-11-10-15-24(25)30(36(5,33)34)18-12-17-26(31)29(20-23-13-8-7-9-14-23)22(4)27(32)28-19-21(2)3/h7-11,13-16,21-22H,6,12,17-20H2,1-5H3,(H,28,32)/t22-/m1/s1. The average Bonchev–Trinajstić information content (AvgIpc) is 2.83. The molecule has 36 heavy (non-hydrogen) atoms. The zero-order valence-corrected chi connectivity index (χ0v) is 22.8. The summed E-state index contributed by atoms with van der Waals surface area (Å²) in [5.74, 6) is 0.341. The van der Waals surface area contributed by atoms with Gasteiger partial charge in [0, 0.05) is 26.1 Å². The molecule has 0 saturated carbocycles. The maximum atomic E-state index is 13.3. The highest BCUT2D eigenvalue weighted by Crippen LogP contribution is 2.30. The Hall–Kier alpha value is -3.07. The van der Waals surface area contributed by atoms with Gasteiger partial charge in [-0.1, -0.05) is 56.3 Å². The molecule has 2 aromatic carbocycles. The third-order valence-corrected chi connectivity index (χ3v) is 6.81. The number of carbonyl (C=O) groups is 2. The van der Waals surface area contributed by atoms with E-state index in [0.717, 1.165) is 11.8 Å². The minimum absolute atomic E-state index is 0.0947. The smallest absolute Gasteiger partial charge is 0.242 e. The summed E-state index contributed by atoms with van der Waals surface area (Å²) in [5.41, 5.74) is 1.36. The zero-order valence-electron chi connectivity index (χ0n) is 21.9. The van der Waals surface area contributed by atoms with Gasteiger partial charge in [0.1, 0.15) is 11.8 Å². The number of carbonyl (C=O) groups excluding carboxylic acids is 2. The number of para-hydroxylation sites is 2. The molecule has 0 aromatic heterocycles. The number of rotatable bonds is 14. The highest BCUT2D eigenvalue weighted by atomic mass is 32.2. The first-order chi connectivity index (χ1) is 17.0. The molecule has 0 aliphatic carbocycles. The molecule has 0 bridgehead atoms. The molecule has 8 nitrogen and oxygen atoms in total. The number of ether oxygens (including phenoxy) is 1. The first-order valence-electron chi connectivity index (χ1n) is 12.3. The number of amides is 2. The number of nitrogens with one attached hydrogen (secondary N) is 1. The van der Waals surface area contributed by atoms with E-state index >= 15 is 0 Å². The van der Waals surface area contributed by atoms with Crippen LogP contribution in [0.4, 0.5) is 5.69 Å². The summed E-state index contributed by atoms with van der Waals surface area (Å²) in [4.78, 5) is 27.7. The van der Waals surface area contributed by atoms with Crippen molar-refractivity contribution in [3.63, 3.8) is 0 Å². The maximum Gasteiger partial charge on any atom is 0.242 e. The van der Waals surface area contributed by atoms with E-state index in [1.165, 1.54) is 4.31 Å². The summed E-state index contributed by atoms with van der Waals surface area (Å²) >= 11 is 0. The Balaban J connectivity index is 2.17. The molecule has 0 unspecified atom stereocenters. The molecule has 0 radical (unpaired) electrons. The number of anilines is 1. The molecule has 0 heterocycles. The summed E-state index contributed by atoms with van der Waals surface area (Å²) < 4.78 is 32.1. The van der Waals surface area contributed by atoms with Crippen LogP contribution in [0.3, 0.4) is 0 Å². The molecular formula is C27H39N3O5S. The van der Waals surface area contributed by atoms with Gasteiger partial charge in [-0.15, -0.1) is 0 Å². The van der Waals surface area contributed by atoms with Crippen LogP contribution in [0.5, 0.6) is 5.75 Å². The van der Waals surface area contributed by atoms with Crippen LogP contribution in [0.25, 0.3) is 0 Å². The second-order valence-corrected chi connectivity index (χ2v) is 11.1. The van der Waals surface area contributed by atoms with E-state index in [1.807, 2.05) is 51.1 Å². The second-order valence-electron chi connectivity index (χ2n) is 9.16. The van der Waals surface area contributed by atoms with Crippen LogP contribution in [0, 0.1) is 5.92 Å². The fourth-order valence-electron chi connectivity index (χ4n) is 3.74. The molecule has 0 spiro atoms. The van der Waals surface area contributed by atoms with E-state index in [0.29, 0.717) is 37.1 Å². The number of sulfonamides is 1. The normalized spacial score (nSPS) is 12.2. The Morgan fingerprint density at radius 2 is 1.64 bits per heavy atom. The van der Waals surface area contributed by atoms with Crippen molar-refractivity contribution in [1.29, 1.82) is 0 Å². The topological polar surface area (TPSA) is 96.0 Å². The first kappa shape index (κ1) is 29.2. The first-order valence-corrected chi connectivity index (χ1v) is 14.2. The van der Waals surface area contributed by atoms with Crippen molar-refractivity contribution in [1.82, 2.24) is 10.2 Å². The lowest BCUT2D eigenvalue weighted by molar-refractivity contribution is -0.140. The van der Waals surface area contributed by atoms with Gasteiger partial charge in [0.15, 0.2) is 0 Å². The van der Waals surface area contributed by atoms with Gasteiger partial charge in [-0.25, -0.2) is 8.42 Å². The van der Waals surface area contributed by atoms with E-state index < -0.39 is 16.1 Å². The molecule has 2 aromatic rings. The Morgan fingerprint density at radius 3 is 2.25 bits per heavy atom.